The molecule has 7 heteroatoms. The number of thioether (sulfide) groups is 1. The van der Waals surface area contributed by atoms with E-state index >= 15 is 0 Å². The molecule has 3 rings (SSSR count). The van der Waals surface area contributed by atoms with Crippen molar-refractivity contribution >= 4 is 40.6 Å². The number of ether oxygens (including phenoxy) is 1. The van der Waals surface area contributed by atoms with Gasteiger partial charge >= 0.3 is 5.97 Å². The maximum absolute atomic E-state index is 12.7. The number of aliphatic imine (C=N–C) groups is 1. The Morgan fingerprint density at radius 3 is 2.63 bits per heavy atom. The van der Waals surface area contributed by atoms with Crippen LogP contribution in [0.2, 0.25) is 0 Å². The Hall–Kier alpha value is -3.06. The molecule has 138 valence electrons. The third kappa shape index (κ3) is 4.20. The Kier molecular flexibility index (Phi) is 5.61. The van der Waals surface area contributed by atoms with Gasteiger partial charge in [0.15, 0.2) is 5.17 Å². The van der Waals surface area contributed by atoms with E-state index in [-0.39, 0.29) is 11.5 Å². The van der Waals surface area contributed by atoms with Gasteiger partial charge in [0.1, 0.15) is 5.75 Å². The van der Waals surface area contributed by atoms with Crippen LogP contribution in [-0.4, -0.2) is 40.7 Å². The number of amidine groups is 1. The number of nitrogens with zero attached hydrogens (tertiary/aromatic N) is 2. The summed E-state index contributed by atoms with van der Waals surface area (Å²) in [6.07, 6.45) is 1.81. The van der Waals surface area contributed by atoms with E-state index in [4.69, 9.17) is 9.84 Å². The molecule has 1 N–H and O–H groups in total. The average Bonchev–Trinajstić information content (AvgIpc) is 2.96. The molecule has 6 nitrogen and oxygen atoms in total. The SMILES string of the molecule is CCN1C(=O)C(=Cc2cccc(OC)c2)SC1=Nc1ccc(C(=O)O)cc1. The Balaban J connectivity index is 1.89. The van der Waals surface area contributed by atoms with Crippen molar-refractivity contribution < 1.29 is 19.4 Å². The molecule has 0 aromatic heterocycles. The number of carboxylic acids is 1. The van der Waals surface area contributed by atoms with Crippen LogP contribution in [0, 0.1) is 0 Å². The number of carbonyl (C=O) groups excluding carboxylic acids is 1. The molecule has 1 heterocycles. The van der Waals surface area contributed by atoms with Gasteiger partial charge in [0, 0.05) is 6.54 Å². The van der Waals surface area contributed by atoms with E-state index in [1.54, 1.807) is 24.1 Å². The molecule has 0 spiro atoms. The first-order valence-electron chi connectivity index (χ1n) is 8.29. The van der Waals surface area contributed by atoms with Crippen LogP contribution < -0.4 is 4.74 Å². The van der Waals surface area contributed by atoms with Gasteiger partial charge in [-0.1, -0.05) is 12.1 Å². The zero-order chi connectivity index (χ0) is 19.4. The average molecular weight is 382 g/mol. The molecule has 0 radical (unpaired) electrons. The molecular weight excluding hydrogens is 364 g/mol. The van der Waals surface area contributed by atoms with Crippen molar-refractivity contribution in [2.24, 2.45) is 4.99 Å². The van der Waals surface area contributed by atoms with E-state index in [1.165, 1.54) is 23.9 Å². The highest BCUT2D eigenvalue weighted by Crippen LogP contribution is 2.34. The van der Waals surface area contributed by atoms with Gasteiger partial charge in [-0.15, -0.1) is 0 Å². The van der Waals surface area contributed by atoms with Crippen LogP contribution in [0.4, 0.5) is 5.69 Å². The summed E-state index contributed by atoms with van der Waals surface area (Å²) in [6, 6.07) is 13.7. The number of carbonyl (C=O) groups is 2. The number of hydrogen-bond acceptors (Lipinski definition) is 5. The first-order valence-corrected chi connectivity index (χ1v) is 9.11. The largest absolute Gasteiger partial charge is 0.497 e. The lowest BCUT2D eigenvalue weighted by Crippen LogP contribution is -2.28. The minimum absolute atomic E-state index is 0.105. The topological polar surface area (TPSA) is 79.2 Å². The lowest BCUT2D eigenvalue weighted by molar-refractivity contribution is -0.122. The number of amides is 1. The first-order chi connectivity index (χ1) is 13.0. The van der Waals surface area contributed by atoms with E-state index in [0.29, 0.717) is 22.3 Å². The van der Waals surface area contributed by atoms with Crippen LogP contribution in [0.15, 0.2) is 58.4 Å². The van der Waals surface area contributed by atoms with Crippen LogP contribution in [0.25, 0.3) is 6.08 Å². The normalized spacial score (nSPS) is 17.0. The summed E-state index contributed by atoms with van der Waals surface area (Å²) >= 11 is 1.30. The second kappa shape index (κ2) is 8.09. The fourth-order valence-electron chi connectivity index (χ4n) is 2.54. The van der Waals surface area contributed by atoms with Crippen molar-refractivity contribution in [1.82, 2.24) is 4.90 Å². The molecule has 0 unspecified atom stereocenters. The molecule has 0 aliphatic carbocycles. The summed E-state index contributed by atoms with van der Waals surface area (Å²) < 4.78 is 5.22. The number of aromatic carboxylic acids is 1. The fourth-order valence-corrected chi connectivity index (χ4v) is 3.60. The number of rotatable bonds is 5. The molecule has 0 bridgehead atoms. The summed E-state index contributed by atoms with van der Waals surface area (Å²) in [7, 11) is 1.60. The highest BCUT2D eigenvalue weighted by molar-refractivity contribution is 8.18. The Bertz CT molecular complexity index is 935. The van der Waals surface area contributed by atoms with Crippen molar-refractivity contribution in [3.63, 3.8) is 0 Å². The maximum Gasteiger partial charge on any atom is 0.335 e. The Morgan fingerprint density at radius 1 is 1.26 bits per heavy atom. The van der Waals surface area contributed by atoms with Gasteiger partial charge in [-0.3, -0.25) is 9.69 Å². The molecule has 0 atom stereocenters. The molecule has 1 saturated heterocycles. The van der Waals surface area contributed by atoms with Gasteiger partial charge in [0.2, 0.25) is 0 Å². The molecule has 2 aromatic carbocycles. The van der Waals surface area contributed by atoms with Crippen molar-refractivity contribution in [1.29, 1.82) is 0 Å². The Labute approximate surface area is 161 Å². The Morgan fingerprint density at radius 2 is 2.00 bits per heavy atom. The van der Waals surface area contributed by atoms with Crippen molar-refractivity contribution in [3.8, 4) is 5.75 Å². The van der Waals surface area contributed by atoms with Crippen molar-refractivity contribution in [2.75, 3.05) is 13.7 Å². The molecule has 27 heavy (non-hydrogen) atoms. The monoisotopic (exact) mass is 382 g/mol. The smallest absolute Gasteiger partial charge is 0.335 e. The summed E-state index contributed by atoms with van der Waals surface area (Å²) in [5.74, 6) is -0.371. The highest BCUT2D eigenvalue weighted by Gasteiger charge is 2.32. The van der Waals surface area contributed by atoms with Gasteiger partial charge in [-0.2, -0.15) is 0 Å². The third-order valence-corrected chi connectivity index (χ3v) is 4.94. The minimum Gasteiger partial charge on any atom is -0.497 e. The highest BCUT2D eigenvalue weighted by atomic mass is 32.2. The number of hydrogen-bond donors (Lipinski definition) is 1. The molecular formula is C20H18N2O4S. The van der Waals surface area contributed by atoms with Crippen LogP contribution in [-0.2, 0) is 4.79 Å². The van der Waals surface area contributed by atoms with Crippen LogP contribution in [0.1, 0.15) is 22.8 Å². The van der Waals surface area contributed by atoms with Crippen LogP contribution >= 0.6 is 11.8 Å². The van der Waals surface area contributed by atoms with E-state index in [2.05, 4.69) is 4.99 Å². The molecule has 1 aliphatic rings. The summed E-state index contributed by atoms with van der Waals surface area (Å²) in [4.78, 5) is 30.3. The van der Waals surface area contributed by atoms with Gasteiger partial charge in [-0.25, -0.2) is 9.79 Å². The number of methoxy groups -OCH3 is 1. The van der Waals surface area contributed by atoms with E-state index < -0.39 is 5.97 Å². The van der Waals surface area contributed by atoms with E-state index in [0.717, 1.165) is 11.3 Å². The summed E-state index contributed by atoms with van der Waals surface area (Å²) in [5, 5.41) is 9.55. The number of likely N-dealkylation sites (N-methyl/N-ethyl adjacent to an activating group) is 1. The maximum atomic E-state index is 12.7. The van der Waals surface area contributed by atoms with Crippen molar-refractivity contribution in [2.45, 2.75) is 6.92 Å². The number of benzene rings is 2. The minimum atomic E-state index is -0.988. The lowest BCUT2D eigenvalue weighted by Gasteiger charge is -2.12. The van der Waals surface area contributed by atoms with Gasteiger partial charge in [0.25, 0.3) is 5.91 Å². The molecule has 1 aliphatic heterocycles. The van der Waals surface area contributed by atoms with E-state index in [9.17, 15) is 9.59 Å². The molecule has 0 saturated carbocycles. The lowest BCUT2D eigenvalue weighted by atomic mass is 10.2. The zero-order valence-corrected chi connectivity index (χ0v) is 15.7. The second-order valence-corrected chi connectivity index (χ2v) is 6.69. The first kappa shape index (κ1) is 18.7. The quantitative estimate of drug-likeness (QED) is 0.790. The molecule has 1 fully saturated rings. The van der Waals surface area contributed by atoms with Crippen LogP contribution in [0.5, 0.6) is 5.75 Å². The molecule has 1 amide bonds. The predicted molar refractivity (Wildman–Crippen MR) is 106 cm³/mol. The van der Waals surface area contributed by atoms with E-state index in [1.807, 2.05) is 37.3 Å². The van der Waals surface area contributed by atoms with Gasteiger partial charge in [-0.05, 0) is 66.7 Å². The van der Waals surface area contributed by atoms with Gasteiger partial charge in [0.05, 0.1) is 23.3 Å². The number of carboxylic acid groups (broad SMARTS) is 1. The fraction of sp³-hybridized carbons (Fsp3) is 0.150. The zero-order valence-electron chi connectivity index (χ0n) is 14.9. The predicted octanol–water partition coefficient (Wildman–Crippen LogP) is 4.02. The van der Waals surface area contributed by atoms with Crippen molar-refractivity contribution in [3.05, 3.63) is 64.6 Å². The van der Waals surface area contributed by atoms with Gasteiger partial charge < -0.3 is 9.84 Å². The molecule has 2 aromatic rings. The summed E-state index contributed by atoms with van der Waals surface area (Å²) in [5.41, 5.74) is 1.66. The van der Waals surface area contributed by atoms with Crippen LogP contribution in [0.3, 0.4) is 0 Å². The standard InChI is InChI=1S/C20H18N2O4S/c1-3-22-18(23)17(12-13-5-4-6-16(11-13)26-2)27-20(22)21-15-9-7-14(8-10-15)19(24)25/h4-12H,3H2,1-2H3,(H,24,25). The second-order valence-electron chi connectivity index (χ2n) is 5.68. The third-order valence-electron chi connectivity index (χ3n) is 3.93. The summed E-state index contributed by atoms with van der Waals surface area (Å²) in [6.45, 7) is 2.38.